The minimum Gasteiger partial charge on any atom is -0.462 e. The number of hydrogen-bond acceptors (Lipinski definition) is 9. The highest BCUT2D eigenvalue weighted by Crippen LogP contribution is 2.09. The molecule has 0 unspecified atom stereocenters. The molecule has 9 nitrogen and oxygen atoms in total. The average Bonchev–Trinajstić information content (AvgIpc) is 2.62. The number of rotatable bonds is 7. The molecule has 1 aliphatic rings. The first-order valence-electron chi connectivity index (χ1n) is 8.49. The van der Waals surface area contributed by atoms with Gasteiger partial charge in [-0.3, -0.25) is 4.90 Å². The number of hydrazone groups is 1. The zero-order valence-corrected chi connectivity index (χ0v) is 14.8. The van der Waals surface area contributed by atoms with Crippen LogP contribution in [0.25, 0.3) is 0 Å². The van der Waals surface area contributed by atoms with E-state index in [0.29, 0.717) is 6.61 Å². The van der Waals surface area contributed by atoms with Crippen LogP contribution in [0.3, 0.4) is 0 Å². The Balaban J connectivity index is 1.53. The van der Waals surface area contributed by atoms with Crippen LogP contribution in [0.4, 0.5) is 11.9 Å². The molecule has 1 aliphatic heterocycles. The number of anilines is 2. The fraction of sp³-hybridized carbons (Fsp3) is 0.412. The highest BCUT2D eigenvalue weighted by atomic mass is 16.5. The molecule has 26 heavy (non-hydrogen) atoms. The average molecular weight is 357 g/mol. The number of benzene rings is 1. The molecule has 0 aliphatic carbocycles. The van der Waals surface area contributed by atoms with Crippen LogP contribution < -0.4 is 15.9 Å². The van der Waals surface area contributed by atoms with Crippen LogP contribution in [-0.4, -0.2) is 65.5 Å². The number of hydrogen-bond donors (Lipinski definition) is 2. The van der Waals surface area contributed by atoms with Crippen molar-refractivity contribution < 1.29 is 9.47 Å². The lowest BCUT2D eigenvalue weighted by molar-refractivity contribution is 0.0317. The van der Waals surface area contributed by atoms with Crippen molar-refractivity contribution in [1.82, 2.24) is 19.9 Å². The van der Waals surface area contributed by atoms with E-state index in [2.05, 4.69) is 30.4 Å². The van der Waals surface area contributed by atoms with Gasteiger partial charge in [0.25, 0.3) is 5.95 Å². The zero-order chi connectivity index (χ0) is 18.2. The number of ether oxygens (including phenoxy) is 2. The van der Waals surface area contributed by atoms with E-state index in [0.717, 1.165) is 44.0 Å². The minimum atomic E-state index is 0.0784. The molecular formula is C17H23N7O2. The third kappa shape index (κ3) is 5.64. The molecule has 1 aromatic carbocycles. The Hall–Kier alpha value is -2.78. The number of nitrogens with two attached hydrogens (primary N) is 1. The van der Waals surface area contributed by atoms with Gasteiger partial charge in [0.05, 0.1) is 19.4 Å². The number of nitrogens with one attached hydrogen (secondary N) is 1. The summed E-state index contributed by atoms with van der Waals surface area (Å²) in [4.78, 5) is 14.4. The van der Waals surface area contributed by atoms with Crippen LogP contribution in [0, 0.1) is 6.92 Å². The fourth-order valence-electron chi connectivity index (χ4n) is 2.49. The van der Waals surface area contributed by atoms with Crippen LogP contribution in [0.1, 0.15) is 11.1 Å². The molecule has 2 heterocycles. The molecule has 2 aromatic rings. The molecule has 0 spiro atoms. The van der Waals surface area contributed by atoms with Crippen molar-refractivity contribution in [2.75, 3.05) is 50.6 Å². The summed E-state index contributed by atoms with van der Waals surface area (Å²) in [5, 5.41) is 4.13. The second-order valence-corrected chi connectivity index (χ2v) is 5.89. The molecule has 9 heteroatoms. The minimum absolute atomic E-state index is 0.0784. The maximum absolute atomic E-state index is 5.72. The Morgan fingerprint density at radius 2 is 2.15 bits per heavy atom. The summed E-state index contributed by atoms with van der Waals surface area (Å²) < 4.78 is 10.9. The van der Waals surface area contributed by atoms with Crippen LogP contribution in [0.2, 0.25) is 0 Å². The maximum atomic E-state index is 5.72. The van der Waals surface area contributed by atoms with Crippen molar-refractivity contribution in [3.8, 4) is 6.01 Å². The monoisotopic (exact) mass is 357 g/mol. The second kappa shape index (κ2) is 9.07. The van der Waals surface area contributed by atoms with E-state index in [1.54, 1.807) is 6.21 Å². The van der Waals surface area contributed by atoms with Crippen molar-refractivity contribution in [3.05, 3.63) is 35.4 Å². The van der Waals surface area contributed by atoms with Crippen LogP contribution >= 0.6 is 0 Å². The molecule has 1 saturated heterocycles. The Morgan fingerprint density at radius 3 is 2.96 bits per heavy atom. The lowest BCUT2D eigenvalue weighted by Crippen LogP contribution is -2.38. The highest BCUT2D eigenvalue weighted by molar-refractivity contribution is 5.80. The van der Waals surface area contributed by atoms with Crippen LogP contribution in [0.15, 0.2) is 29.4 Å². The summed E-state index contributed by atoms with van der Waals surface area (Å²) >= 11 is 0. The normalized spacial score (nSPS) is 15.3. The smallest absolute Gasteiger partial charge is 0.323 e. The van der Waals surface area contributed by atoms with E-state index in [9.17, 15) is 0 Å². The van der Waals surface area contributed by atoms with E-state index in [4.69, 9.17) is 15.2 Å². The predicted octanol–water partition coefficient (Wildman–Crippen LogP) is 0.919. The molecule has 0 amide bonds. The first-order valence-corrected chi connectivity index (χ1v) is 8.49. The van der Waals surface area contributed by atoms with Gasteiger partial charge in [0.15, 0.2) is 0 Å². The highest BCUT2D eigenvalue weighted by Gasteiger charge is 2.11. The van der Waals surface area contributed by atoms with Gasteiger partial charge in [-0.2, -0.15) is 20.1 Å². The fourth-order valence-corrected chi connectivity index (χ4v) is 2.49. The van der Waals surface area contributed by atoms with Gasteiger partial charge in [0.1, 0.15) is 6.61 Å². The van der Waals surface area contributed by atoms with Crippen LogP contribution in [0.5, 0.6) is 6.01 Å². The third-order valence-electron chi connectivity index (χ3n) is 3.79. The summed E-state index contributed by atoms with van der Waals surface area (Å²) in [6, 6.07) is 8.16. The lowest BCUT2D eigenvalue weighted by atomic mass is 10.2. The zero-order valence-electron chi connectivity index (χ0n) is 14.8. The number of nitrogens with zero attached hydrogens (tertiary/aromatic N) is 5. The first-order chi connectivity index (χ1) is 12.7. The molecular weight excluding hydrogens is 334 g/mol. The molecule has 138 valence electrons. The lowest BCUT2D eigenvalue weighted by Gasteiger charge is -2.26. The molecule has 0 atom stereocenters. The van der Waals surface area contributed by atoms with E-state index in [1.807, 2.05) is 31.2 Å². The van der Waals surface area contributed by atoms with E-state index in [1.165, 1.54) is 0 Å². The van der Waals surface area contributed by atoms with Crippen LogP contribution in [-0.2, 0) is 4.74 Å². The molecule has 3 rings (SSSR count). The molecule has 1 aromatic heterocycles. The number of aromatic nitrogens is 3. The summed E-state index contributed by atoms with van der Waals surface area (Å²) in [6.07, 6.45) is 1.69. The van der Waals surface area contributed by atoms with Gasteiger partial charge in [0.2, 0.25) is 5.95 Å². The summed E-state index contributed by atoms with van der Waals surface area (Å²) in [5.41, 5.74) is 10.6. The van der Waals surface area contributed by atoms with Crippen molar-refractivity contribution in [2.45, 2.75) is 6.92 Å². The standard InChI is InChI=1S/C17H23N7O2/c1-13-3-2-4-14(11-13)12-19-23-16-20-15(18)21-17(22-16)26-10-7-24-5-8-25-9-6-24/h2-4,11-12H,5-10H2,1H3,(H3,18,20,21,22,23). The summed E-state index contributed by atoms with van der Waals surface area (Å²) in [5.74, 6) is 0.317. The van der Waals surface area contributed by atoms with Gasteiger partial charge in [-0.1, -0.05) is 29.8 Å². The molecule has 3 N–H and O–H groups in total. The van der Waals surface area contributed by atoms with Crippen molar-refractivity contribution >= 4 is 18.1 Å². The third-order valence-corrected chi connectivity index (χ3v) is 3.79. The Bertz CT molecular complexity index is 748. The maximum Gasteiger partial charge on any atom is 0.323 e. The van der Waals surface area contributed by atoms with Crippen molar-refractivity contribution in [1.29, 1.82) is 0 Å². The largest absolute Gasteiger partial charge is 0.462 e. The number of morpholine rings is 1. The van der Waals surface area contributed by atoms with Gasteiger partial charge in [-0.25, -0.2) is 5.43 Å². The Kier molecular flexibility index (Phi) is 6.29. The Morgan fingerprint density at radius 1 is 1.31 bits per heavy atom. The predicted molar refractivity (Wildman–Crippen MR) is 99.4 cm³/mol. The topological polar surface area (TPSA) is 111 Å². The number of nitrogen functional groups attached to an aromatic ring is 1. The van der Waals surface area contributed by atoms with Crippen molar-refractivity contribution in [2.24, 2.45) is 5.10 Å². The van der Waals surface area contributed by atoms with Gasteiger partial charge in [-0.05, 0) is 12.5 Å². The molecule has 1 fully saturated rings. The molecule has 0 saturated carbocycles. The van der Waals surface area contributed by atoms with Crippen molar-refractivity contribution in [3.63, 3.8) is 0 Å². The van der Waals surface area contributed by atoms with Gasteiger partial charge >= 0.3 is 6.01 Å². The van der Waals surface area contributed by atoms with E-state index in [-0.39, 0.29) is 17.9 Å². The van der Waals surface area contributed by atoms with E-state index < -0.39 is 0 Å². The number of aryl methyl sites for hydroxylation is 1. The second-order valence-electron chi connectivity index (χ2n) is 5.89. The SMILES string of the molecule is Cc1cccc(C=NNc2nc(N)nc(OCCN3CCOCC3)n2)c1. The molecule has 0 radical (unpaired) electrons. The van der Waals surface area contributed by atoms with Gasteiger partial charge in [0, 0.05) is 19.6 Å². The summed E-state index contributed by atoms with van der Waals surface area (Å²) in [7, 11) is 0. The molecule has 0 bridgehead atoms. The van der Waals surface area contributed by atoms with Gasteiger partial charge < -0.3 is 15.2 Å². The Labute approximate surface area is 152 Å². The van der Waals surface area contributed by atoms with Gasteiger partial charge in [-0.15, -0.1) is 0 Å². The quantitative estimate of drug-likeness (QED) is 0.556. The first kappa shape index (κ1) is 18.0. The van der Waals surface area contributed by atoms with E-state index >= 15 is 0 Å². The summed E-state index contributed by atoms with van der Waals surface area (Å²) in [6.45, 7) is 6.60.